The largest absolute Gasteiger partial charge is 0.469 e. The summed E-state index contributed by atoms with van der Waals surface area (Å²) in [4.78, 5) is 97.2. The summed E-state index contributed by atoms with van der Waals surface area (Å²) in [6.07, 6.45) is -0.411. The van der Waals surface area contributed by atoms with E-state index in [2.05, 4.69) is 10.6 Å². The lowest BCUT2D eigenvalue weighted by molar-refractivity contribution is -0.147. The minimum Gasteiger partial charge on any atom is -0.369 e. The van der Waals surface area contributed by atoms with Crippen molar-refractivity contribution in [1.29, 1.82) is 0 Å². The minimum atomic E-state index is -5.07. The van der Waals surface area contributed by atoms with Crippen molar-refractivity contribution in [3.8, 4) is 0 Å². The number of nitrogens with two attached hydrogens (primary N) is 1. The highest BCUT2D eigenvalue weighted by atomic mass is 35.5. The van der Waals surface area contributed by atoms with Crippen LogP contribution in [-0.4, -0.2) is 86.5 Å². The molecule has 1 saturated heterocycles. The van der Waals surface area contributed by atoms with Gasteiger partial charge in [0.1, 0.15) is 23.7 Å². The van der Waals surface area contributed by atoms with Crippen LogP contribution < -0.4 is 16.4 Å². The molecule has 2 aromatic rings. The Morgan fingerprint density at radius 1 is 1.06 bits per heavy atom. The Balaban J connectivity index is 1.91. The van der Waals surface area contributed by atoms with Gasteiger partial charge in [-0.15, -0.1) is 11.6 Å². The van der Waals surface area contributed by atoms with Gasteiger partial charge in [-0.1, -0.05) is 42.5 Å². The van der Waals surface area contributed by atoms with Crippen LogP contribution in [0.25, 0.3) is 10.8 Å². The van der Waals surface area contributed by atoms with E-state index >= 15 is 0 Å². The summed E-state index contributed by atoms with van der Waals surface area (Å²) in [5.41, 5.74) is 6.28. The molecule has 1 unspecified atom stereocenters. The van der Waals surface area contributed by atoms with Crippen molar-refractivity contribution >= 4 is 65.4 Å². The van der Waals surface area contributed by atoms with Crippen molar-refractivity contribution in [1.82, 2.24) is 15.5 Å². The molecule has 0 aliphatic carbocycles. The summed E-state index contributed by atoms with van der Waals surface area (Å²) in [6, 6.07) is 9.33. The molecule has 6 N–H and O–H groups in total. The van der Waals surface area contributed by atoms with Crippen LogP contribution in [0.4, 0.5) is 0 Å². The van der Waals surface area contributed by atoms with Crippen LogP contribution in [-0.2, 0) is 44.3 Å². The predicted octanol–water partition coefficient (Wildman–Crippen LogP) is 1.90. The number of phosphoric ester groups is 1. The molecular weight excluding hydrogens is 667 g/mol. The molecule has 3 rings (SSSR count). The van der Waals surface area contributed by atoms with Crippen molar-refractivity contribution in [2.24, 2.45) is 11.7 Å². The lowest BCUT2D eigenvalue weighted by Gasteiger charge is -2.38. The summed E-state index contributed by atoms with van der Waals surface area (Å²) in [7, 11) is -5.07. The molecule has 0 spiro atoms. The molecule has 16 heteroatoms. The van der Waals surface area contributed by atoms with Gasteiger partial charge in [-0.25, -0.2) is 4.57 Å². The molecule has 1 heterocycles. The number of phosphoric acid groups is 1. The van der Waals surface area contributed by atoms with E-state index in [1.807, 2.05) is 42.5 Å². The van der Waals surface area contributed by atoms with E-state index in [4.69, 9.17) is 21.9 Å². The average molecular weight is 709 g/mol. The van der Waals surface area contributed by atoms with E-state index in [0.717, 1.165) is 16.3 Å². The third-order valence-electron chi connectivity index (χ3n) is 8.22. The molecule has 4 amide bonds. The first-order chi connectivity index (χ1) is 22.6. The number of hydrogen-bond donors (Lipinski definition) is 5. The first-order valence-corrected chi connectivity index (χ1v) is 17.6. The number of alkyl halides is 1. The molecular formula is C32H42ClN4O10P. The van der Waals surface area contributed by atoms with Crippen molar-refractivity contribution in [3.63, 3.8) is 0 Å². The number of Topliss-reactive ketones (excluding diaryl/α,β-unsaturated/α-hetero) is 2. The van der Waals surface area contributed by atoms with Crippen LogP contribution in [0.5, 0.6) is 0 Å². The van der Waals surface area contributed by atoms with Crippen LogP contribution in [0.15, 0.2) is 42.5 Å². The lowest BCUT2D eigenvalue weighted by atomic mass is 9.90. The van der Waals surface area contributed by atoms with Gasteiger partial charge in [0, 0.05) is 25.3 Å². The summed E-state index contributed by atoms with van der Waals surface area (Å²) >= 11 is 5.61. The third-order valence-corrected chi connectivity index (χ3v) is 9.07. The van der Waals surface area contributed by atoms with Crippen molar-refractivity contribution < 1.29 is 47.6 Å². The van der Waals surface area contributed by atoms with E-state index in [9.17, 15) is 43.1 Å². The molecule has 0 saturated carbocycles. The molecule has 5 atom stereocenters. The van der Waals surface area contributed by atoms with Crippen LogP contribution in [0.2, 0.25) is 0 Å². The van der Waals surface area contributed by atoms with E-state index < -0.39 is 73.3 Å². The zero-order valence-electron chi connectivity index (χ0n) is 26.8. The number of nitrogens with one attached hydrogen (secondary N) is 2. The van der Waals surface area contributed by atoms with E-state index in [-0.39, 0.29) is 44.4 Å². The summed E-state index contributed by atoms with van der Waals surface area (Å²) in [6.45, 7) is 2.63. The third kappa shape index (κ3) is 11.5. The molecule has 0 radical (unpaired) electrons. The smallest absolute Gasteiger partial charge is 0.369 e. The van der Waals surface area contributed by atoms with Gasteiger partial charge in [0.05, 0.1) is 12.1 Å². The first-order valence-electron chi connectivity index (χ1n) is 15.6. The van der Waals surface area contributed by atoms with Crippen molar-refractivity contribution in [2.75, 3.05) is 12.4 Å². The van der Waals surface area contributed by atoms with Gasteiger partial charge in [0.2, 0.25) is 23.6 Å². The fourth-order valence-corrected chi connectivity index (χ4v) is 6.37. The number of likely N-dealkylation sites (tertiary alicyclic amines) is 1. The molecule has 262 valence electrons. The van der Waals surface area contributed by atoms with Crippen molar-refractivity contribution in [2.45, 2.75) is 83.0 Å². The quantitative estimate of drug-likeness (QED) is 0.119. The lowest BCUT2D eigenvalue weighted by Crippen LogP contribution is -2.61. The van der Waals surface area contributed by atoms with Gasteiger partial charge >= 0.3 is 7.82 Å². The van der Waals surface area contributed by atoms with Crippen LogP contribution >= 0.6 is 19.4 Å². The number of halogens is 1. The number of hydrogen-bond acceptors (Lipinski definition) is 8. The SMILES string of the molecule is CC(=O)CC[C@H](CC(=O)[C@H](Cc1ccc2ccccc2c1)NC(=O)[C@@H]1CCCCN1C(=O)[C@@H](NC(=O)CCl)C(C)OP(=O)(O)O)C(N)=O. The normalized spacial score (nSPS) is 17.5. The molecule has 48 heavy (non-hydrogen) atoms. The van der Waals surface area contributed by atoms with Gasteiger partial charge in [0.15, 0.2) is 5.78 Å². The zero-order chi connectivity index (χ0) is 35.6. The molecule has 1 aliphatic heterocycles. The Labute approximate surface area is 283 Å². The maximum absolute atomic E-state index is 13.9. The molecule has 0 bridgehead atoms. The predicted molar refractivity (Wildman–Crippen MR) is 176 cm³/mol. The molecule has 1 fully saturated rings. The monoisotopic (exact) mass is 708 g/mol. The van der Waals surface area contributed by atoms with Gasteiger partial charge in [0.25, 0.3) is 0 Å². The minimum absolute atomic E-state index is 0.0489. The molecule has 14 nitrogen and oxygen atoms in total. The number of primary amides is 1. The standard InChI is InChI=1S/C32H42ClN4O10P/c1-19(38)10-12-24(30(34)41)17-27(39)25(16-21-11-13-22-7-3-4-8-23(22)15-21)35-31(42)26-9-5-6-14-37(26)32(43)29(36-28(40)18-33)20(2)47-48(44,45)46/h3-4,7-8,11,13,15,20,24-26,29H,5-6,9-10,12,14,16-18H2,1-2H3,(H2,34,41)(H,35,42)(H,36,40)(H2,44,45,46)/t20?,24-,25+,26+,29+/m1/s1. The number of ketones is 2. The summed E-state index contributed by atoms with van der Waals surface area (Å²) in [5.74, 6) is -5.20. The van der Waals surface area contributed by atoms with Gasteiger partial charge in [-0.3, -0.25) is 28.5 Å². The molecule has 1 aliphatic rings. The summed E-state index contributed by atoms with van der Waals surface area (Å²) < 4.78 is 16.2. The number of amides is 4. The Morgan fingerprint density at radius 3 is 2.38 bits per heavy atom. The zero-order valence-corrected chi connectivity index (χ0v) is 28.5. The highest BCUT2D eigenvalue weighted by molar-refractivity contribution is 7.46. The maximum atomic E-state index is 13.9. The number of nitrogens with zero attached hydrogens (tertiary/aromatic N) is 1. The van der Waals surface area contributed by atoms with Crippen LogP contribution in [0.1, 0.15) is 57.9 Å². The fraction of sp³-hybridized carbons (Fsp3) is 0.500. The Morgan fingerprint density at radius 2 is 1.75 bits per heavy atom. The van der Waals surface area contributed by atoms with Gasteiger partial charge < -0.3 is 35.8 Å². The average Bonchev–Trinajstić information content (AvgIpc) is 3.03. The second kappa shape index (κ2) is 17.6. The van der Waals surface area contributed by atoms with Crippen LogP contribution in [0.3, 0.4) is 0 Å². The maximum Gasteiger partial charge on any atom is 0.469 e. The number of rotatable bonds is 17. The van der Waals surface area contributed by atoms with Gasteiger partial charge in [-0.2, -0.15) is 0 Å². The topological polar surface area (TPSA) is 222 Å². The first kappa shape index (κ1) is 38.8. The summed E-state index contributed by atoms with van der Waals surface area (Å²) in [5, 5.41) is 6.96. The van der Waals surface area contributed by atoms with Crippen molar-refractivity contribution in [3.05, 3.63) is 48.0 Å². The van der Waals surface area contributed by atoms with E-state index in [0.29, 0.717) is 12.8 Å². The number of fused-ring (bicyclic) bond motifs is 1. The Hall–Kier alpha value is -3.68. The second-order valence-corrected chi connectivity index (χ2v) is 13.4. The molecule has 0 aromatic heterocycles. The Kier molecular flexibility index (Phi) is 14.2. The second-order valence-electron chi connectivity index (χ2n) is 12.0. The van der Waals surface area contributed by atoms with Gasteiger partial charge in [-0.05, 0) is 62.3 Å². The number of carbonyl (C=O) groups is 6. The number of benzene rings is 2. The highest BCUT2D eigenvalue weighted by Crippen LogP contribution is 2.38. The molecule has 2 aromatic carbocycles. The van der Waals surface area contributed by atoms with E-state index in [1.54, 1.807) is 0 Å². The Bertz CT molecular complexity index is 1570. The van der Waals surface area contributed by atoms with E-state index in [1.165, 1.54) is 18.7 Å². The number of carbonyl (C=O) groups excluding carboxylic acids is 6. The fourth-order valence-electron chi connectivity index (χ4n) is 5.74. The van der Waals surface area contributed by atoms with Crippen LogP contribution in [0, 0.1) is 5.92 Å². The number of piperidine rings is 1. The highest BCUT2D eigenvalue weighted by Gasteiger charge is 2.41.